The number of hydrogen-bond donors (Lipinski definition) is 1. The topological polar surface area (TPSA) is 118 Å². The van der Waals surface area contributed by atoms with Crippen LogP contribution in [0.2, 0.25) is 0 Å². The van der Waals surface area contributed by atoms with Gasteiger partial charge >= 0.3 is 0 Å². The van der Waals surface area contributed by atoms with Gasteiger partial charge in [-0.15, -0.1) is 0 Å². The predicted octanol–water partition coefficient (Wildman–Crippen LogP) is 2.20. The molecule has 0 bridgehead atoms. The molecule has 0 spiro atoms. The van der Waals surface area contributed by atoms with Gasteiger partial charge in [-0.1, -0.05) is 30.3 Å². The molecule has 30 heavy (non-hydrogen) atoms. The summed E-state index contributed by atoms with van der Waals surface area (Å²) in [4.78, 5) is 36.2. The summed E-state index contributed by atoms with van der Waals surface area (Å²) < 4.78 is 0. The summed E-state index contributed by atoms with van der Waals surface area (Å²) in [5, 5.41) is 11.9. The second kappa shape index (κ2) is 8.03. The number of anilines is 1. The van der Waals surface area contributed by atoms with Gasteiger partial charge in [0, 0.05) is 49.3 Å². The molecular formula is C21H22N6O3. The number of aromatic nitrogens is 2. The Labute approximate surface area is 173 Å². The normalized spacial score (nSPS) is 15.3. The lowest BCUT2D eigenvalue weighted by Gasteiger charge is -2.35. The lowest BCUT2D eigenvalue weighted by Crippen LogP contribution is -2.52. The van der Waals surface area contributed by atoms with E-state index in [2.05, 4.69) is 4.98 Å². The zero-order valence-corrected chi connectivity index (χ0v) is 16.6. The number of rotatable bonds is 4. The summed E-state index contributed by atoms with van der Waals surface area (Å²) >= 11 is 0. The van der Waals surface area contributed by atoms with Crippen molar-refractivity contribution in [1.82, 2.24) is 14.9 Å². The Kier molecular flexibility index (Phi) is 5.28. The van der Waals surface area contributed by atoms with Crippen molar-refractivity contribution in [2.75, 3.05) is 31.1 Å². The van der Waals surface area contributed by atoms with Gasteiger partial charge in [-0.25, -0.2) is 9.97 Å². The van der Waals surface area contributed by atoms with Crippen LogP contribution in [0.25, 0.3) is 22.2 Å². The zero-order chi connectivity index (χ0) is 21.3. The fourth-order valence-corrected chi connectivity index (χ4v) is 3.59. The first-order valence-electron chi connectivity index (χ1n) is 9.75. The quantitative estimate of drug-likeness (QED) is 0.521. The zero-order valence-electron chi connectivity index (χ0n) is 16.6. The second-order valence-corrected chi connectivity index (χ2v) is 7.30. The molecule has 1 fully saturated rings. The second-order valence-electron chi connectivity index (χ2n) is 7.30. The minimum Gasteiger partial charge on any atom is -0.338 e. The maximum absolute atomic E-state index is 12.1. The van der Waals surface area contributed by atoms with Crippen LogP contribution >= 0.6 is 0 Å². The molecule has 1 aliphatic rings. The molecule has 9 heteroatoms. The van der Waals surface area contributed by atoms with Crippen LogP contribution in [0.4, 0.5) is 11.6 Å². The summed E-state index contributed by atoms with van der Waals surface area (Å²) in [5.74, 6) is 0.481. The van der Waals surface area contributed by atoms with Crippen LogP contribution < -0.4 is 10.6 Å². The third-order valence-corrected chi connectivity index (χ3v) is 5.19. The molecule has 2 N–H and O–H groups in total. The van der Waals surface area contributed by atoms with Gasteiger partial charge < -0.3 is 15.5 Å². The molecule has 0 aliphatic carbocycles. The van der Waals surface area contributed by atoms with Crippen LogP contribution in [0.5, 0.6) is 0 Å². The highest BCUT2D eigenvalue weighted by atomic mass is 16.6. The Morgan fingerprint density at radius 3 is 2.43 bits per heavy atom. The number of nitro benzene ring substituents is 1. The maximum Gasteiger partial charge on any atom is 0.270 e. The average molecular weight is 406 g/mol. The number of benzene rings is 2. The highest BCUT2D eigenvalue weighted by Crippen LogP contribution is 2.31. The standard InChI is InChI=1S/C21H22N6O3/c1-14(22)20(28)25-9-11-26(12-10-25)21-23-18-8-7-16(27(29)30)13-17(18)19(24-21)15-5-3-2-4-6-15/h2-8,13-14H,9-12,22H2,1H3/t14-/m0/s1. The molecule has 2 aromatic carbocycles. The number of piperazine rings is 1. The molecule has 3 aromatic rings. The van der Waals surface area contributed by atoms with Gasteiger partial charge in [0.25, 0.3) is 5.69 Å². The van der Waals surface area contributed by atoms with E-state index in [-0.39, 0.29) is 11.6 Å². The molecule has 1 aromatic heterocycles. The Morgan fingerprint density at radius 2 is 1.80 bits per heavy atom. The van der Waals surface area contributed by atoms with Gasteiger partial charge in [-0.2, -0.15) is 0 Å². The first kappa shape index (κ1) is 19.7. The lowest BCUT2D eigenvalue weighted by atomic mass is 10.1. The van der Waals surface area contributed by atoms with Crippen LogP contribution in [0.3, 0.4) is 0 Å². The predicted molar refractivity (Wildman–Crippen MR) is 114 cm³/mol. The van der Waals surface area contributed by atoms with Gasteiger partial charge in [0.2, 0.25) is 11.9 Å². The van der Waals surface area contributed by atoms with Crippen molar-refractivity contribution in [3.05, 3.63) is 58.6 Å². The summed E-state index contributed by atoms with van der Waals surface area (Å²) in [6, 6.07) is 13.7. The van der Waals surface area contributed by atoms with Crippen LogP contribution in [-0.4, -0.2) is 57.9 Å². The Hall–Kier alpha value is -3.59. The van der Waals surface area contributed by atoms with Crippen molar-refractivity contribution in [2.24, 2.45) is 5.73 Å². The number of fused-ring (bicyclic) bond motifs is 1. The Morgan fingerprint density at radius 1 is 1.10 bits per heavy atom. The number of amides is 1. The molecule has 4 rings (SSSR count). The van der Waals surface area contributed by atoms with E-state index in [9.17, 15) is 14.9 Å². The maximum atomic E-state index is 12.1. The number of carbonyl (C=O) groups excluding carboxylic acids is 1. The number of nitrogens with two attached hydrogens (primary N) is 1. The van der Waals surface area contributed by atoms with Crippen LogP contribution in [0.15, 0.2) is 48.5 Å². The first-order chi connectivity index (χ1) is 14.4. The van der Waals surface area contributed by atoms with Crippen LogP contribution in [0, 0.1) is 10.1 Å². The summed E-state index contributed by atoms with van der Waals surface area (Å²) in [6.45, 7) is 3.95. The van der Waals surface area contributed by atoms with Crippen LogP contribution in [-0.2, 0) is 4.79 Å². The van der Waals surface area contributed by atoms with Gasteiger partial charge in [0.1, 0.15) is 0 Å². The molecule has 1 aliphatic heterocycles. The van der Waals surface area contributed by atoms with E-state index < -0.39 is 11.0 Å². The molecule has 1 amide bonds. The molecule has 9 nitrogen and oxygen atoms in total. The smallest absolute Gasteiger partial charge is 0.270 e. The van der Waals surface area contributed by atoms with Crippen molar-refractivity contribution in [2.45, 2.75) is 13.0 Å². The third-order valence-electron chi connectivity index (χ3n) is 5.19. The summed E-state index contributed by atoms with van der Waals surface area (Å²) in [6.07, 6.45) is 0. The molecule has 0 unspecified atom stereocenters. The SMILES string of the molecule is C[C@H](N)C(=O)N1CCN(c2nc(-c3ccccc3)c3cc([N+](=O)[O-])ccc3n2)CC1. The van der Waals surface area contributed by atoms with Gasteiger partial charge in [0.15, 0.2) is 0 Å². The average Bonchev–Trinajstić information content (AvgIpc) is 2.78. The van der Waals surface area contributed by atoms with E-state index in [1.54, 1.807) is 17.9 Å². The lowest BCUT2D eigenvalue weighted by molar-refractivity contribution is -0.384. The van der Waals surface area contributed by atoms with E-state index >= 15 is 0 Å². The monoisotopic (exact) mass is 406 g/mol. The highest BCUT2D eigenvalue weighted by Gasteiger charge is 2.25. The van der Waals surface area contributed by atoms with E-state index in [1.807, 2.05) is 35.2 Å². The molecule has 154 valence electrons. The molecular weight excluding hydrogens is 384 g/mol. The number of nitro groups is 1. The Bertz CT molecular complexity index is 1090. The number of non-ortho nitro benzene ring substituents is 1. The largest absolute Gasteiger partial charge is 0.338 e. The fourth-order valence-electron chi connectivity index (χ4n) is 3.59. The molecule has 2 heterocycles. The van der Waals surface area contributed by atoms with Crippen molar-refractivity contribution >= 4 is 28.4 Å². The third kappa shape index (κ3) is 3.79. The van der Waals surface area contributed by atoms with Gasteiger partial charge in [0.05, 0.1) is 22.2 Å². The molecule has 1 saturated heterocycles. The summed E-state index contributed by atoms with van der Waals surface area (Å²) in [5.41, 5.74) is 7.86. The van der Waals surface area contributed by atoms with E-state index in [1.165, 1.54) is 12.1 Å². The van der Waals surface area contributed by atoms with Crippen molar-refractivity contribution in [1.29, 1.82) is 0 Å². The van der Waals surface area contributed by atoms with Gasteiger partial charge in [-0.3, -0.25) is 14.9 Å². The van der Waals surface area contributed by atoms with E-state index in [0.29, 0.717) is 48.7 Å². The van der Waals surface area contributed by atoms with Crippen molar-refractivity contribution in [3.8, 4) is 11.3 Å². The number of carbonyl (C=O) groups is 1. The highest BCUT2D eigenvalue weighted by molar-refractivity contribution is 5.94. The molecule has 0 radical (unpaired) electrons. The molecule has 1 atom stereocenters. The number of nitrogens with zero attached hydrogens (tertiary/aromatic N) is 5. The van der Waals surface area contributed by atoms with Crippen molar-refractivity contribution in [3.63, 3.8) is 0 Å². The number of hydrogen-bond acceptors (Lipinski definition) is 7. The first-order valence-corrected chi connectivity index (χ1v) is 9.75. The van der Waals surface area contributed by atoms with Crippen LogP contribution in [0.1, 0.15) is 6.92 Å². The summed E-state index contributed by atoms with van der Waals surface area (Å²) in [7, 11) is 0. The Balaban J connectivity index is 1.73. The molecule has 0 saturated carbocycles. The van der Waals surface area contributed by atoms with Crippen molar-refractivity contribution < 1.29 is 9.72 Å². The minimum atomic E-state index is -0.519. The van der Waals surface area contributed by atoms with E-state index in [0.717, 1.165) is 5.56 Å². The van der Waals surface area contributed by atoms with E-state index in [4.69, 9.17) is 10.7 Å². The minimum absolute atomic E-state index is 0.000868. The van der Waals surface area contributed by atoms with Gasteiger partial charge in [-0.05, 0) is 13.0 Å². The fraction of sp³-hybridized carbons (Fsp3) is 0.286.